The Bertz CT molecular complexity index is 718. The van der Waals surface area contributed by atoms with E-state index < -0.39 is 42.8 Å². The summed E-state index contributed by atoms with van der Waals surface area (Å²) in [4.78, 5) is 26.2. The Morgan fingerprint density at radius 1 is 1.11 bits per heavy atom. The highest BCUT2D eigenvalue weighted by Gasteiger charge is 2.77. The standard InChI is InChI=1S/C13H11Cl2NO2/c1-12-6-13(12,2)11(18)16(10(12)17)9-4-7(14)3-8(15)5-9/h3-5H,6H2,1-2H3/i1D3,2D3. The number of benzene rings is 1. The molecule has 2 fully saturated rings. The fourth-order valence-corrected chi connectivity index (χ4v) is 2.76. The topological polar surface area (TPSA) is 37.4 Å². The highest BCUT2D eigenvalue weighted by atomic mass is 35.5. The molecule has 1 heterocycles. The van der Waals surface area contributed by atoms with Crippen LogP contribution < -0.4 is 4.90 Å². The number of imide groups is 1. The van der Waals surface area contributed by atoms with Gasteiger partial charge >= 0.3 is 0 Å². The van der Waals surface area contributed by atoms with Gasteiger partial charge in [0, 0.05) is 18.3 Å². The van der Waals surface area contributed by atoms with Crippen LogP contribution in [-0.2, 0) is 9.59 Å². The average molecular weight is 290 g/mol. The van der Waals surface area contributed by atoms with Crippen LogP contribution in [0.3, 0.4) is 0 Å². The van der Waals surface area contributed by atoms with Crippen molar-refractivity contribution in [2.75, 3.05) is 4.90 Å². The molecule has 5 heteroatoms. The molecule has 3 rings (SSSR count). The number of anilines is 1. The summed E-state index contributed by atoms with van der Waals surface area (Å²) in [5, 5.41) is 0.258. The van der Waals surface area contributed by atoms with Gasteiger partial charge in [-0.3, -0.25) is 9.59 Å². The molecule has 2 amide bonds. The van der Waals surface area contributed by atoms with Crippen molar-refractivity contribution in [3.63, 3.8) is 0 Å². The Morgan fingerprint density at radius 3 is 2.06 bits per heavy atom. The molecule has 94 valence electrons. The molecule has 2 unspecified atom stereocenters. The van der Waals surface area contributed by atoms with E-state index in [-0.39, 0.29) is 15.7 Å². The van der Waals surface area contributed by atoms with E-state index in [4.69, 9.17) is 31.4 Å². The lowest BCUT2D eigenvalue weighted by molar-refractivity contribution is -0.125. The number of amides is 2. The molecule has 1 aliphatic carbocycles. The maximum atomic E-state index is 12.8. The van der Waals surface area contributed by atoms with Crippen molar-refractivity contribution in [1.29, 1.82) is 0 Å². The Morgan fingerprint density at radius 2 is 1.61 bits per heavy atom. The number of hydrogen-bond donors (Lipinski definition) is 0. The van der Waals surface area contributed by atoms with E-state index >= 15 is 0 Å². The number of nitrogens with zero attached hydrogens (tertiary/aromatic N) is 1. The van der Waals surface area contributed by atoms with Gasteiger partial charge in [-0.25, -0.2) is 4.90 Å². The largest absolute Gasteiger partial charge is 0.273 e. The lowest BCUT2D eigenvalue weighted by Gasteiger charge is -2.19. The van der Waals surface area contributed by atoms with Gasteiger partial charge < -0.3 is 0 Å². The van der Waals surface area contributed by atoms with Crippen LogP contribution in [0, 0.1) is 10.8 Å². The van der Waals surface area contributed by atoms with Crippen molar-refractivity contribution in [1.82, 2.24) is 0 Å². The number of hydrogen-bond acceptors (Lipinski definition) is 2. The number of halogens is 2. The van der Waals surface area contributed by atoms with Crippen molar-refractivity contribution in [3.8, 4) is 0 Å². The van der Waals surface area contributed by atoms with Crippen molar-refractivity contribution in [2.24, 2.45) is 10.8 Å². The molecule has 1 aromatic carbocycles. The van der Waals surface area contributed by atoms with Gasteiger partial charge in [-0.15, -0.1) is 0 Å². The molecule has 1 saturated carbocycles. The van der Waals surface area contributed by atoms with Crippen LogP contribution in [-0.4, -0.2) is 11.8 Å². The van der Waals surface area contributed by atoms with Gasteiger partial charge in [0.2, 0.25) is 11.8 Å². The quantitative estimate of drug-likeness (QED) is 0.744. The summed E-state index contributed by atoms with van der Waals surface area (Å²) in [5.74, 6) is -2.11. The van der Waals surface area contributed by atoms with Crippen molar-refractivity contribution in [3.05, 3.63) is 28.2 Å². The maximum Gasteiger partial charge on any atom is 0.240 e. The van der Waals surface area contributed by atoms with Crippen molar-refractivity contribution < 1.29 is 17.8 Å². The Balaban J connectivity index is 2.21. The number of carbonyl (C=O) groups excluding carboxylic acids is 2. The van der Waals surface area contributed by atoms with Gasteiger partial charge in [0.05, 0.1) is 16.5 Å². The molecular weight excluding hydrogens is 273 g/mol. The fourth-order valence-electron chi connectivity index (χ4n) is 2.25. The third-order valence-corrected chi connectivity index (χ3v) is 3.81. The molecule has 2 aliphatic rings. The molecule has 0 spiro atoms. The molecule has 0 radical (unpaired) electrons. The van der Waals surface area contributed by atoms with Gasteiger partial charge in [0.15, 0.2) is 0 Å². The SMILES string of the molecule is [2H]C([2H])([2H])C12CC1(C([2H])([2H])[2H])C(=O)N(c1cc(Cl)cc(Cl)c1)C2=O. The number of carbonyl (C=O) groups is 2. The van der Waals surface area contributed by atoms with Crippen LogP contribution in [0.2, 0.25) is 10.0 Å². The first-order valence-corrected chi connectivity index (χ1v) is 5.90. The molecule has 1 aromatic rings. The molecule has 18 heavy (non-hydrogen) atoms. The van der Waals surface area contributed by atoms with Crippen LogP contribution >= 0.6 is 23.2 Å². The summed E-state index contributed by atoms with van der Waals surface area (Å²) in [6, 6.07) is 3.89. The predicted octanol–water partition coefficient (Wildman–Crippen LogP) is 3.28. The number of piperidine rings is 1. The summed E-state index contributed by atoms with van der Waals surface area (Å²) in [6.45, 7) is -5.85. The van der Waals surface area contributed by atoms with Crippen LogP contribution in [0.5, 0.6) is 0 Å². The van der Waals surface area contributed by atoms with E-state index in [0.29, 0.717) is 4.90 Å². The number of fused-ring (bicyclic) bond motifs is 1. The Labute approximate surface area is 123 Å². The average Bonchev–Trinajstić information content (AvgIpc) is 3.04. The molecule has 0 N–H and O–H groups in total. The van der Waals surface area contributed by atoms with E-state index in [1.54, 1.807) is 0 Å². The third kappa shape index (κ3) is 1.26. The van der Waals surface area contributed by atoms with E-state index in [1.165, 1.54) is 18.2 Å². The smallest absolute Gasteiger partial charge is 0.240 e. The minimum Gasteiger partial charge on any atom is -0.273 e. The van der Waals surface area contributed by atoms with Gasteiger partial charge in [-0.2, -0.15) is 0 Å². The van der Waals surface area contributed by atoms with E-state index in [9.17, 15) is 9.59 Å². The summed E-state index contributed by atoms with van der Waals surface area (Å²) in [6.07, 6.45) is -0.518. The van der Waals surface area contributed by atoms with Crippen LogP contribution in [0.1, 0.15) is 28.3 Å². The maximum absolute atomic E-state index is 12.8. The van der Waals surface area contributed by atoms with Gasteiger partial charge in [0.1, 0.15) is 0 Å². The first kappa shape index (κ1) is 6.92. The molecular formula is C13H11Cl2NO2. The zero-order valence-corrected chi connectivity index (χ0v) is 10.5. The summed E-state index contributed by atoms with van der Waals surface area (Å²) >= 11 is 11.7. The van der Waals surface area contributed by atoms with Crippen molar-refractivity contribution in [2.45, 2.75) is 20.1 Å². The van der Waals surface area contributed by atoms with Crippen LogP contribution in [0.15, 0.2) is 18.2 Å². The van der Waals surface area contributed by atoms with E-state index in [1.807, 2.05) is 0 Å². The monoisotopic (exact) mass is 289 g/mol. The second kappa shape index (κ2) is 3.28. The lowest BCUT2D eigenvalue weighted by Crippen LogP contribution is -2.35. The molecule has 1 aliphatic heterocycles. The Kier molecular flexibility index (Phi) is 1.26. The van der Waals surface area contributed by atoms with Gasteiger partial charge in [-0.05, 0) is 38.3 Å². The van der Waals surface area contributed by atoms with Crippen molar-refractivity contribution >= 4 is 40.7 Å². The molecule has 0 bridgehead atoms. The Hall–Kier alpha value is -1.06. The summed E-state index contributed by atoms with van der Waals surface area (Å²) in [5.41, 5.74) is -4.52. The molecule has 2 atom stereocenters. The highest BCUT2D eigenvalue weighted by Crippen LogP contribution is 2.69. The second-order valence-electron chi connectivity index (χ2n) is 4.56. The van der Waals surface area contributed by atoms with Gasteiger partial charge in [-0.1, -0.05) is 23.2 Å². The number of rotatable bonds is 1. The third-order valence-electron chi connectivity index (χ3n) is 3.38. The minimum absolute atomic E-state index is 0.0399. The first-order chi connectivity index (χ1) is 10.8. The zero-order valence-electron chi connectivity index (χ0n) is 15.0. The van der Waals surface area contributed by atoms with Crippen LogP contribution in [0.4, 0.5) is 5.69 Å². The van der Waals surface area contributed by atoms with E-state index in [0.717, 1.165) is 0 Å². The van der Waals surface area contributed by atoms with Crippen LogP contribution in [0.25, 0.3) is 0 Å². The van der Waals surface area contributed by atoms with E-state index in [2.05, 4.69) is 0 Å². The predicted molar refractivity (Wildman–Crippen MR) is 69.8 cm³/mol. The summed E-state index contributed by atoms with van der Waals surface area (Å²) < 4.78 is 46.0. The first-order valence-electron chi connectivity index (χ1n) is 8.15. The molecule has 3 nitrogen and oxygen atoms in total. The highest BCUT2D eigenvalue weighted by molar-refractivity contribution is 6.36. The van der Waals surface area contributed by atoms with Gasteiger partial charge in [0.25, 0.3) is 0 Å². The zero-order chi connectivity index (χ0) is 18.3. The minimum atomic E-state index is -2.93. The lowest BCUT2D eigenvalue weighted by atomic mass is 10.00. The fraction of sp³-hybridized carbons (Fsp3) is 0.385. The second-order valence-corrected chi connectivity index (χ2v) is 5.43. The summed E-state index contributed by atoms with van der Waals surface area (Å²) in [7, 11) is 0. The molecule has 1 saturated heterocycles. The molecule has 0 aromatic heterocycles. The normalized spacial score (nSPS) is 40.2.